The third-order valence-corrected chi connectivity index (χ3v) is 7.35. The lowest BCUT2D eigenvalue weighted by Crippen LogP contribution is -2.57. The van der Waals surface area contributed by atoms with Crippen LogP contribution in [0.4, 0.5) is 0 Å². The molecule has 1 saturated heterocycles. The first-order chi connectivity index (χ1) is 16.0. The summed E-state index contributed by atoms with van der Waals surface area (Å²) in [5.74, 6) is 1.22. The van der Waals surface area contributed by atoms with Crippen molar-refractivity contribution >= 4 is 23.2 Å². The number of nitrogens with zero attached hydrogens (tertiary/aromatic N) is 2. The van der Waals surface area contributed by atoms with Gasteiger partial charge in [0.15, 0.2) is 11.5 Å². The minimum atomic E-state index is -0.668. The Morgan fingerprint density at radius 3 is 2.45 bits per heavy atom. The summed E-state index contributed by atoms with van der Waals surface area (Å²) in [5, 5.41) is 2.00. The predicted molar refractivity (Wildman–Crippen MR) is 130 cm³/mol. The van der Waals surface area contributed by atoms with E-state index in [9.17, 15) is 9.59 Å². The number of rotatable bonds is 7. The van der Waals surface area contributed by atoms with Crippen LogP contribution >= 0.6 is 11.3 Å². The Balaban J connectivity index is 1.70. The zero-order valence-electron chi connectivity index (χ0n) is 19.8. The number of carbonyl (C=O) groups excluding carboxylic acids is 2. The summed E-state index contributed by atoms with van der Waals surface area (Å²) in [4.78, 5) is 32.0. The van der Waals surface area contributed by atoms with Gasteiger partial charge in [0.05, 0.1) is 19.8 Å². The van der Waals surface area contributed by atoms with E-state index in [1.165, 1.54) is 12.8 Å². The highest BCUT2D eigenvalue weighted by Crippen LogP contribution is 2.37. The lowest BCUT2D eigenvalue weighted by atomic mass is 9.97. The Hall–Kier alpha value is -2.54. The zero-order valence-corrected chi connectivity index (χ0v) is 20.6. The van der Waals surface area contributed by atoms with Gasteiger partial charge in [0.25, 0.3) is 5.91 Å². The Bertz CT molecular complexity index is 951. The van der Waals surface area contributed by atoms with Crippen LogP contribution in [0, 0.1) is 0 Å². The molecular weight excluding hydrogens is 436 g/mol. The molecule has 4 rings (SSSR count). The van der Waals surface area contributed by atoms with E-state index in [2.05, 4.69) is 0 Å². The molecule has 1 aliphatic heterocycles. The van der Waals surface area contributed by atoms with Crippen LogP contribution in [0.15, 0.2) is 35.7 Å². The monoisotopic (exact) mass is 470 g/mol. The quantitative estimate of drug-likeness (QED) is 0.523. The fourth-order valence-corrected chi connectivity index (χ4v) is 5.61. The first-order valence-corrected chi connectivity index (χ1v) is 12.8. The van der Waals surface area contributed by atoms with Gasteiger partial charge in [-0.25, -0.2) is 0 Å². The van der Waals surface area contributed by atoms with Crippen molar-refractivity contribution in [3.63, 3.8) is 0 Å². The maximum absolute atomic E-state index is 13.9. The Kier molecular flexibility index (Phi) is 7.58. The summed E-state index contributed by atoms with van der Waals surface area (Å²) >= 11 is 1.60. The van der Waals surface area contributed by atoms with Crippen LogP contribution in [0.5, 0.6) is 11.5 Å². The molecule has 178 valence electrons. The van der Waals surface area contributed by atoms with Crippen LogP contribution in [0.25, 0.3) is 0 Å². The molecule has 0 bridgehead atoms. The number of hydrogen-bond acceptors (Lipinski definition) is 5. The van der Waals surface area contributed by atoms with Crippen molar-refractivity contribution < 1.29 is 19.1 Å². The number of ether oxygens (including phenoxy) is 2. The highest BCUT2D eigenvalue weighted by Gasteiger charge is 2.43. The van der Waals surface area contributed by atoms with Gasteiger partial charge in [-0.15, -0.1) is 11.3 Å². The van der Waals surface area contributed by atoms with E-state index < -0.39 is 6.04 Å². The average molecular weight is 471 g/mol. The molecule has 2 aliphatic rings. The normalized spacial score (nSPS) is 20.3. The molecule has 0 radical (unpaired) electrons. The molecule has 7 heteroatoms. The summed E-state index contributed by atoms with van der Waals surface area (Å²) < 4.78 is 11.5. The van der Waals surface area contributed by atoms with Gasteiger partial charge in [0, 0.05) is 10.9 Å². The van der Waals surface area contributed by atoms with Crippen LogP contribution in [-0.2, 0) is 16.1 Å². The summed E-state index contributed by atoms with van der Waals surface area (Å²) in [6, 6.07) is 9.06. The van der Waals surface area contributed by atoms with Crippen LogP contribution in [0.2, 0.25) is 0 Å². The highest BCUT2D eigenvalue weighted by molar-refractivity contribution is 7.09. The molecular formula is C26H34N2O4S. The van der Waals surface area contributed by atoms with Crippen molar-refractivity contribution in [1.82, 2.24) is 9.80 Å². The summed E-state index contributed by atoms with van der Waals surface area (Å²) in [6.07, 6.45) is 6.58. The maximum atomic E-state index is 13.9. The van der Waals surface area contributed by atoms with E-state index >= 15 is 0 Å². The van der Waals surface area contributed by atoms with Gasteiger partial charge in [0.2, 0.25) is 5.91 Å². The number of methoxy groups -OCH3 is 1. The van der Waals surface area contributed by atoms with Crippen LogP contribution in [0.3, 0.4) is 0 Å². The second kappa shape index (κ2) is 10.6. The molecule has 6 nitrogen and oxygen atoms in total. The fraction of sp³-hybridized carbons (Fsp3) is 0.538. The average Bonchev–Trinajstić information content (AvgIpc) is 3.16. The number of piperazine rings is 1. The summed E-state index contributed by atoms with van der Waals surface area (Å²) in [7, 11) is 1.60. The maximum Gasteiger partial charge on any atom is 0.250 e. The Labute approximate surface area is 200 Å². The van der Waals surface area contributed by atoms with E-state index in [0.29, 0.717) is 18.0 Å². The van der Waals surface area contributed by atoms with E-state index in [0.717, 1.165) is 36.1 Å². The Morgan fingerprint density at radius 1 is 1.06 bits per heavy atom. The smallest absolute Gasteiger partial charge is 0.250 e. The molecule has 2 heterocycles. The molecule has 0 N–H and O–H groups in total. The van der Waals surface area contributed by atoms with Gasteiger partial charge in [-0.3, -0.25) is 9.59 Å². The zero-order chi connectivity index (χ0) is 23.4. The van der Waals surface area contributed by atoms with E-state index in [1.54, 1.807) is 23.3 Å². The van der Waals surface area contributed by atoms with Crippen molar-refractivity contribution in [2.45, 2.75) is 77.1 Å². The molecule has 2 aromatic rings. The molecule has 1 atom stereocenters. The minimum absolute atomic E-state index is 0.00118. The van der Waals surface area contributed by atoms with Gasteiger partial charge in [-0.1, -0.05) is 37.8 Å². The predicted octanol–water partition coefficient (Wildman–Crippen LogP) is 5.18. The number of hydrogen-bond donors (Lipinski definition) is 0. The summed E-state index contributed by atoms with van der Waals surface area (Å²) in [5.41, 5.74) is 0.760. The van der Waals surface area contributed by atoms with Gasteiger partial charge in [-0.05, 0) is 55.8 Å². The Morgan fingerprint density at radius 2 is 1.82 bits per heavy atom. The first-order valence-electron chi connectivity index (χ1n) is 11.9. The molecule has 1 aromatic carbocycles. The van der Waals surface area contributed by atoms with Crippen LogP contribution < -0.4 is 9.47 Å². The number of carbonyl (C=O) groups is 2. The second-order valence-electron chi connectivity index (χ2n) is 9.19. The van der Waals surface area contributed by atoms with Gasteiger partial charge in [0.1, 0.15) is 12.6 Å². The van der Waals surface area contributed by atoms with Crippen molar-refractivity contribution in [1.29, 1.82) is 0 Å². The van der Waals surface area contributed by atoms with E-state index in [4.69, 9.17) is 9.47 Å². The molecule has 33 heavy (non-hydrogen) atoms. The van der Waals surface area contributed by atoms with Crippen molar-refractivity contribution in [3.05, 3.63) is 46.2 Å². The highest BCUT2D eigenvalue weighted by atomic mass is 32.1. The van der Waals surface area contributed by atoms with E-state index in [1.807, 2.05) is 54.5 Å². The van der Waals surface area contributed by atoms with Gasteiger partial charge >= 0.3 is 0 Å². The molecule has 1 aromatic heterocycles. The van der Waals surface area contributed by atoms with Crippen LogP contribution in [-0.4, -0.2) is 47.4 Å². The molecule has 1 unspecified atom stereocenters. The molecule has 1 aliphatic carbocycles. The largest absolute Gasteiger partial charge is 0.493 e. The molecule has 0 spiro atoms. The fourth-order valence-electron chi connectivity index (χ4n) is 4.91. The minimum Gasteiger partial charge on any atom is -0.493 e. The molecule has 1 saturated carbocycles. The number of amides is 2. The SMILES string of the molecule is COc1cc(C2C(=O)N(C3CCCCCC3)CC(=O)N2Cc2cccs2)ccc1OC(C)C. The standard InChI is InChI=1S/C26H34N2O4S/c1-18(2)32-22-13-12-19(15-23(22)31-3)25-26(30)27(20-9-6-4-5-7-10-20)17-24(29)28(25)16-21-11-8-14-33-21/h8,11-15,18,20,25H,4-7,9-10,16-17H2,1-3H3. The van der Waals surface area contributed by atoms with Crippen molar-refractivity contribution in [2.75, 3.05) is 13.7 Å². The van der Waals surface area contributed by atoms with Crippen LogP contribution in [0.1, 0.15) is 68.9 Å². The molecule has 2 fully saturated rings. The van der Waals surface area contributed by atoms with Gasteiger partial charge in [-0.2, -0.15) is 0 Å². The number of thiophene rings is 1. The first kappa shape index (κ1) is 23.6. The molecule has 2 amide bonds. The topological polar surface area (TPSA) is 59.1 Å². The van der Waals surface area contributed by atoms with Gasteiger partial charge < -0.3 is 19.3 Å². The van der Waals surface area contributed by atoms with E-state index in [-0.39, 0.29) is 30.5 Å². The lowest BCUT2D eigenvalue weighted by Gasteiger charge is -2.43. The third kappa shape index (κ3) is 5.35. The van der Waals surface area contributed by atoms with Crippen molar-refractivity contribution in [2.24, 2.45) is 0 Å². The summed E-state index contributed by atoms with van der Waals surface area (Å²) in [6.45, 7) is 4.52. The second-order valence-corrected chi connectivity index (χ2v) is 10.2. The lowest BCUT2D eigenvalue weighted by molar-refractivity contribution is -0.159. The third-order valence-electron chi connectivity index (χ3n) is 6.49. The number of benzene rings is 1. The van der Waals surface area contributed by atoms with Crippen molar-refractivity contribution in [3.8, 4) is 11.5 Å².